The lowest BCUT2D eigenvalue weighted by molar-refractivity contribution is 0.0956. The molecular weight excluding hydrogens is 464 g/mol. The molecule has 0 aliphatic carbocycles. The van der Waals surface area contributed by atoms with E-state index in [1.54, 1.807) is 12.3 Å². The number of nitrogens with zero attached hydrogens (tertiary/aromatic N) is 3. The fourth-order valence-corrected chi connectivity index (χ4v) is 3.79. The van der Waals surface area contributed by atoms with Crippen LogP contribution in [0.3, 0.4) is 0 Å². The molecule has 0 fully saturated rings. The standard InChI is InChI=1S/C25H22N6O3S/c26-35(33,34)21-12-10-19(11-13-21)30-28-17-20-16-23(22-8-4-5-9-24(22)29-20)25(32)31-27-15-14-18-6-2-1-3-7-18/h1-13,15-17,30H,14H2,(H,31,32)(H2,26,33,34)/b27-15+,28-17+. The summed E-state index contributed by atoms with van der Waals surface area (Å²) in [5.41, 5.74) is 8.51. The Labute approximate surface area is 202 Å². The average Bonchev–Trinajstić information content (AvgIpc) is 2.86. The molecule has 0 aliphatic rings. The highest BCUT2D eigenvalue weighted by Crippen LogP contribution is 2.18. The number of hydrogen-bond acceptors (Lipinski definition) is 7. The van der Waals surface area contributed by atoms with E-state index in [2.05, 4.69) is 26.0 Å². The molecule has 4 rings (SSSR count). The normalized spacial score (nSPS) is 11.8. The van der Waals surface area contributed by atoms with Gasteiger partial charge in [0.1, 0.15) is 0 Å². The molecule has 10 heteroatoms. The van der Waals surface area contributed by atoms with E-state index >= 15 is 0 Å². The summed E-state index contributed by atoms with van der Waals surface area (Å²) in [6, 6.07) is 24.6. The lowest BCUT2D eigenvalue weighted by Crippen LogP contribution is -2.18. The van der Waals surface area contributed by atoms with Crippen molar-refractivity contribution in [2.75, 3.05) is 5.43 Å². The molecule has 1 amide bonds. The van der Waals surface area contributed by atoms with Crippen LogP contribution in [0, 0.1) is 0 Å². The zero-order valence-corrected chi connectivity index (χ0v) is 19.3. The number of fused-ring (bicyclic) bond motifs is 1. The summed E-state index contributed by atoms with van der Waals surface area (Å²) >= 11 is 0. The van der Waals surface area contributed by atoms with E-state index in [0.717, 1.165) is 5.56 Å². The SMILES string of the molecule is NS(=O)(=O)c1ccc(N/N=C/c2cc(C(=O)N/N=C/Cc3ccccc3)c3ccccc3n2)cc1. The molecule has 0 saturated carbocycles. The summed E-state index contributed by atoms with van der Waals surface area (Å²) in [5, 5.41) is 14.0. The quantitative estimate of drug-likeness (QED) is 0.259. The van der Waals surface area contributed by atoms with E-state index in [1.165, 1.54) is 30.5 Å². The Balaban J connectivity index is 1.49. The fourth-order valence-electron chi connectivity index (χ4n) is 3.27. The van der Waals surface area contributed by atoms with Gasteiger partial charge in [0.15, 0.2) is 0 Å². The van der Waals surface area contributed by atoms with Crippen LogP contribution in [0.1, 0.15) is 21.6 Å². The number of sulfonamides is 1. The van der Waals surface area contributed by atoms with Crippen LogP contribution in [-0.2, 0) is 16.4 Å². The smallest absolute Gasteiger partial charge is 0.272 e. The predicted molar refractivity (Wildman–Crippen MR) is 137 cm³/mol. The lowest BCUT2D eigenvalue weighted by Gasteiger charge is -2.07. The van der Waals surface area contributed by atoms with Crippen LogP contribution >= 0.6 is 0 Å². The monoisotopic (exact) mass is 486 g/mol. The number of amides is 1. The molecule has 0 radical (unpaired) electrons. The largest absolute Gasteiger partial charge is 0.278 e. The first kappa shape index (κ1) is 23.7. The zero-order chi connectivity index (χ0) is 24.7. The predicted octanol–water partition coefficient (Wildman–Crippen LogP) is 3.29. The number of pyridine rings is 1. The van der Waals surface area contributed by atoms with Crippen molar-refractivity contribution in [3.8, 4) is 0 Å². The van der Waals surface area contributed by atoms with E-state index in [4.69, 9.17) is 5.14 Å². The van der Waals surface area contributed by atoms with Gasteiger partial charge in [-0.15, -0.1) is 0 Å². The first-order valence-corrected chi connectivity index (χ1v) is 12.1. The van der Waals surface area contributed by atoms with Crippen LogP contribution in [0.25, 0.3) is 10.9 Å². The number of nitrogens with one attached hydrogen (secondary N) is 2. The highest BCUT2D eigenvalue weighted by atomic mass is 32.2. The first-order chi connectivity index (χ1) is 16.9. The van der Waals surface area contributed by atoms with E-state index < -0.39 is 10.0 Å². The van der Waals surface area contributed by atoms with Gasteiger partial charge in [0, 0.05) is 18.0 Å². The van der Waals surface area contributed by atoms with Crippen molar-refractivity contribution in [3.63, 3.8) is 0 Å². The van der Waals surface area contributed by atoms with E-state index in [-0.39, 0.29) is 10.8 Å². The number of benzene rings is 3. The molecule has 0 unspecified atom stereocenters. The Kier molecular flexibility index (Phi) is 7.24. The molecule has 0 atom stereocenters. The maximum absolute atomic E-state index is 12.9. The number of hydrogen-bond donors (Lipinski definition) is 3. The molecule has 0 spiro atoms. The van der Waals surface area contributed by atoms with Crippen LogP contribution in [0.15, 0.2) is 100 Å². The number of aromatic nitrogens is 1. The van der Waals surface area contributed by atoms with Crippen LogP contribution in [-0.4, -0.2) is 31.7 Å². The summed E-state index contributed by atoms with van der Waals surface area (Å²) < 4.78 is 22.7. The maximum atomic E-state index is 12.9. The average molecular weight is 487 g/mol. The van der Waals surface area contributed by atoms with Gasteiger partial charge in [0.05, 0.1) is 33.6 Å². The number of carbonyl (C=O) groups is 1. The van der Waals surface area contributed by atoms with Crippen molar-refractivity contribution in [1.29, 1.82) is 0 Å². The summed E-state index contributed by atoms with van der Waals surface area (Å²) in [6.45, 7) is 0. The van der Waals surface area contributed by atoms with Crippen molar-refractivity contribution < 1.29 is 13.2 Å². The number of hydrazone groups is 2. The Morgan fingerprint density at radius 1 is 0.943 bits per heavy atom. The van der Waals surface area contributed by atoms with E-state index in [1.807, 2.05) is 54.6 Å². The van der Waals surface area contributed by atoms with Gasteiger partial charge in [0.2, 0.25) is 10.0 Å². The number of para-hydroxylation sites is 1. The van der Waals surface area contributed by atoms with Crippen molar-refractivity contribution >= 4 is 44.9 Å². The molecule has 0 saturated heterocycles. The summed E-state index contributed by atoms with van der Waals surface area (Å²) in [5.74, 6) is -0.367. The summed E-state index contributed by atoms with van der Waals surface area (Å²) in [6.07, 6.45) is 3.71. The van der Waals surface area contributed by atoms with Crippen LogP contribution in [0.4, 0.5) is 5.69 Å². The van der Waals surface area contributed by atoms with Crippen molar-refractivity contribution in [2.24, 2.45) is 15.3 Å². The molecule has 1 aromatic heterocycles. The zero-order valence-electron chi connectivity index (χ0n) is 18.5. The van der Waals surface area contributed by atoms with Gasteiger partial charge < -0.3 is 0 Å². The molecule has 35 heavy (non-hydrogen) atoms. The Morgan fingerprint density at radius 3 is 2.40 bits per heavy atom. The third kappa shape index (κ3) is 6.34. The van der Waals surface area contributed by atoms with Crippen LogP contribution in [0.5, 0.6) is 0 Å². The molecule has 4 N–H and O–H groups in total. The molecule has 176 valence electrons. The molecule has 9 nitrogen and oxygen atoms in total. The van der Waals surface area contributed by atoms with Gasteiger partial charge in [-0.05, 0) is 42.0 Å². The molecule has 0 bridgehead atoms. The van der Waals surface area contributed by atoms with Gasteiger partial charge in [-0.3, -0.25) is 10.2 Å². The van der Waals surface area contributed by atoms with Crippen molar-refractivity contribution in [3.05, 3.63) is 102 Å². The maximum Gasteiger partial charge on any atom is 0.272 e. The van der Waals surface area contributed by atoms with Gasteiger partial charge in [0.25, 0.3) is 5.91 Å². The van der Waals surface area contributed by atoms with Crippen molar-refractivity contribution in [2.45, 2.75) is 11.3 Å². The van der Waals surface area contributed by atoms with Gasteiger partial charge >= 0.3 is 0 Å². The second kappa shape index (κ2) is 10.7. The number of carbonyl (C=O) groups excluding carboxylic acids is 1. The van der Waals surface area contributed by atoms with Crippen LogP contribution < -0.4 is 16.0 Å². The number of nitrogens with two attached hydrogens (primary N) is 1. The summed E-state index contributed by atoms with van der Waals surface area (Å²) in [4.78, 5) is 17.4. The highest BCUT2D eigenvalue weighted by Gasteiger charge is 2.12. The number of rotatable bonds is 8. The van der Waals surface area contributed by atoms with E-state index in [0.29, 0.717) is 34.3 Å². The molecule has 3 aromatic carbocycles. The summed E-state index contributed by atoms with van der Waals surface area (Å²) in [7, 11) is -3.76. The van der Waals surface area contributed by atoms with Gasteiger partial charge in [-0.25, -0.2) is 24.0 Å². The highest BCUT2D eigenvalue weighted by molar-refractivity contribution is 7.89. The Morgan fingerprint density at radius 2 is 1.66 bits per heavy atom. The Bertz CT molecular complexity index is 1500. The fraction of sp³-hybridized carbons (Fsp3) is 0.0400. The number of primary sulfonamides is 1. The third-order valence-corrected chi connectivity index (χ3v) is 5.91. The third-order valence-electron chi connectivity index (χ3n) is 4.98. The van der Waals surface area contributed by atoms with Gasteiger partial charge in [-0.1, -0.05) is 48.5 Å². The molecule has 4 aromatic rings. The number of anilines is 1. The molecule has 0 aliphatic heterocycles. The van der Waals surface area contributed by atoms with E-state index in [9.17, 15) is 13.2 Å². The second-order valence-electron chi connectivity index (χ2n) is 7.49. The first-order valence-electron chi connectivity index (χ1n) is 10.6. The minimum atomic E-state index is -3.76. The molecule has 1 heterocycles. The van der Waals surface area contributed by atoms with Gasteiger partial charge in [-0.2, -0.15) is 10.2 Å². The van der Waals surface area contributed by atoms with Crippen molar-refractivity contribution in [1.82, 2.24) is 10.4 Å². The topological polar surface area (TPSA) is 139 Å². The minimum Gasteiger partial charge on any atom is -0.278 e. The Hall–Kier alpha value is -4.41. The molecular formula is C25H22N6O3S. The lowest BCUT2D eigenvalue weighted by atomic mass is 10.1. The minimum absolute atomic E-state index is 0.00491. The van der Waals surface area contributed by atoms with Crippen LogP contribution in [0.2, 0.25) is 0 Å². The second-order valence-corrected chi connectivity index (χ2v) is 9.05.